The third-order valence-corrected chi connectivity index (χ3v) is 2.10. The first-order valence-electron chi connectivity index (χ1n) is 3.36. The number of hydrogen-bond acceptors (Lipinski definition) is 3. The van der Waals surface area contributed by atoms with Crippen molar-refractivity contribution in [3.05, 3.63) is 24.4 Å². The van der Waals surface area contributed by atoms with Crippen LogP contribution in [0.25, 0.3) is 0 Å². The lowest BCUT2D eigenvalue weighted by atomic mass is 10.5. The standard InChI is InChI=1S/C8H9NOS/c1-7(6-10)11-8-4-2-3-5-9-8/h2-7H,1H3. The fourth-order valence-electron chi connectivity index (χ4n) is 0.635. The Kier molecular flexibility index (Phi) is 3.11. The summed E-state index contributed by atoms with van der Waals surface area (Å²) in [6.45, 7) is 1.85. The van der Waals surface area contributed by atoms with Crippen molar-refractivity contribution in [2.75, 3.05) is 0 Å². The first kappa shape index (κ1) is 8.27. The summed E-state index contributed by atoms with van der Waals surface area (Å²) in [4.78, 5) is 14.3. The quantitative estimate of drug-likeness (QED) is 0.507. The van der Waals surface area contributed by atoms with Crippen LogP contribution in [0.15, 0.2) is 29.4 Å². The molecule has 1 aromatic heterocycles. The SMILES string of the molecule is CC(C=O)Sc1ccccn1. The molecule has 0 fully saturated rings. The maximum absolute atomic E-state index is 10.3. The average Bonchev–Trinajstić information content (AvgIpc) is 2.06. The molecule has 2 nitrogen and oxygen atoms in total. The lowest BCUT2D eigenvalue weighted by Gasteiger charge is -2.00. The highest BCUT2D eigenvalue weighted by Crippen LogP contribution is 2.18. The van der Waals surface area contributed by atoms with Gasteiger partial charge in [-0.1, -0.05) is 17.8 Å². The summed E-state index contributed by atoms with van der Waals surface area (Å²) in [5.74, 6) is 0. The number of pyridine rings is 1. The molecule has 1 atom stereocenters. The number of thioether (sulfide) groups is 1. The molecular weight excluding hydrogens is 158 g/mol. The van der Waals surface area contributed by atoms with Crippen LogP contribution in [-0.2, 0) is 4.79 Å². The average molecular weight is 167 g/mol. The van der Waals surface area contributed by atoms with Crippen molar-refractivity contribution in [2.45, 2.75) is 17.2 Å². The Morgan fingerprint density at radius 2 is 2.45 bits per heavy atom. The summed E-state index contributed by atoms with van der Waals surface area (Å²) < 4.78 is 0. The van der Waals surface area contributed by atoms with Crippen LogP contribution < -0.4 is 0 Å². The molecule has 0 bridgehead atoms. The fourth-order valence-corrected chi connectivity index (χ4v) is 1.35. The molecule has 0 aliphatic heterocycles. The monoisotopic (exact) mass is 167 g/mol. The highest BCUT2D eigenvalue weighted by atomic mass is 32.2. The van der Waals surface area contributed by atoms with Crippen molar-refractivity contribution in [2.24, 2.45) is 0 Å². The van der Waals surface area contributed by atoms with Crippen LogP contribution in [0, 0.1) is 0 Å². The summed E-state index contributed by atoms with van der Waals surface area (Å²) >= 11 is 1.46. The summed E-state index contributed by atoms with van der Waals surface area (Å²) in [5.41, 5.74) is 0. The second-order valence-electron chi connectivity index (χ2n) is 2.13. The number of carbonyl (C=O) groups excluding carboxylic acids is 1. The molecule has 1 aromatic rings. The van der Waals surface area contributed by atoms with Crippen LogP contribution in [0.5, 0.6) is 0 Å². The molecule has 3 heteroatoms. The van der Waals surface area contributed by atoms with Gasteiger partial charge in [0.1, 0.15) is 6.29 Å². The van der Waals surface area contributed by atoms with Gasteiger partial charge in [-0.15, -0.1) is 0 Å². The maximum Gasteiger partial charge on any atom is 0.133 e. The molecule has 0 aliphatic rings. The topological polar surface area (TPSA) is 30.0 Å². The minimum Gasteiger partial charge on any atom is -0.302 e. The Labute approximate surface area is 70.0 Å². The Morgan fingerprint density at radius 1 is 1.64 bits per heavy atom. The lowest BCUT2D eigenvalue weighted by Crippen LogP contribution is -1.96. The molecular formula is C8H9NOS. The molecule has 1 unspecified atom stereocenters. The summed E-state index contributed by atoms with van der Waals surface area (Å²) in [6.07, 6.45) is 2.64. The molecule has 11 heavy (non-hydrogen) atoms. The van der Waals surface area contributed by atoms with Gasteiger partial charge in [0.15, 0.2) is 0 Å². The molecule has 58 valence electrons. The van der Waals surface area contributed by atoms with E-state index in [1.54, 1.807) is 6.20 Å². The third-order valence-electron chi connectivity index (χ3n) is 1.14. The molecule has 1 rings (SSSR count). The summed E-state index contributed by atoms with van der Waals surface area (Å²) in [7, 11) is 0. The lowest BCUT2D eigenvalue weighted by molar-refractivity contribution is -0.107. The Bertz CT molecular complexity index is 225. The van der Waals surface area contributed by atoms with Crippen LogP contribution in [-0.4, -0.2) is 16.5 Å². The predicted molar refractivity (Wildman–Crippen MR) is 45.6 cm³/mol. The number of rotatable bonds is 3. The zero-order chi connectivity index (χ0) is 8.10. The van der Waals surface area contributed by atoms with E-state index in [9.17, 15) is 4.79 Å². The molecule has 0 aliphatic carbocycles. The van der Waals surface area contributed by atoms with E-state index < -0.39 is 0 Å². The Morgan fingerprint density at radius 3 is 3.00 bits per heavy atom. The van der Waals surface area contributed by atoms with Gasteiger partial charge in [0.2, 0.25) is 0 Å². The largest absolute Gasteiger partial charge is 0.302 e. The van der Waals surface area contributed by atoms with Crippen molar-refractivity contribution in [3.8, 4) is 0 Å². The maximum atomic E-state index is 10.3. The Hall–Kier alpha value is -0.830. The smallest absolute Gasteiger partial charge is 0.133 e. The number of aldehydes is 1. The van der Waals surface area contributed by atoms with Gasteiger partial charge in [0.05, 0.1) is 10.3 Å². The van der Waals surface area contributed by atoms with Gasteiger partial charge >= 0.3 is 0 Å². The van der Waals surface area contributed by atoms with E-state index in [1.165, 1.54) is 11.8 Å². The number of hydrogen-bond donors (Lipinski definition) is 0. The van der Waals surface area contributed by atoms with Crippen molar-refractivity contribution < 1.29 is 4.79 Å². The first-order chi connectivity index (χ1) is 5.33. The van der Waals surface area contributed by atoms with E-state index in [4.69, 9.17) is 0 Å². The van der Waals surface area contributed by atoms with E-state index in [0.717, 1.165) is 11.3 Å². The predicted octanol–water partition coefficient (Wildman–Crippen LogP) is 1.76. The summed E-state index contributed by atoms with van der Waals surface area (Å²) in [6, 6.07) is 5.66. The highest BCUT2D eigenvalue weighted by molar-refractivity contribution is 8.00. The van der Waals surface area contributed by atoms with Crippen LogP contribution in [0.1, 0.15) is 6.92 Å². The van der Waals surface area contributed by atoms with Crippen molar-refractivity contribution >= 4 is 18.0 Å². The van der Waals surface area contributed by atoms with Gasteiger partial charge in [-0.05, 0) is 19.1 Å². The van der Waals surface area contributed by atoms with Gasteiger partial charge in [-0.2, -0.15) is 0 Å². The molecule has 1 heterocycles. The van der Waals surface area contributed by atoms with E-state index in [0.29, 0.717) is 0 Å². The minimum atomic E-state index is -0.00935. The van der Waals surface area contributed by atoms with Gasteiger partial charge in [0, 0.05) is 6.20 Å². The Balaban J connectivity index is 2.57. The van der Waals surface area contributed by atoms with Crippen LogP contribution in [0.3, 0.4) is 0 Å². The second-order valence-corrected chi connectivity index (χ2v) is 3.52. The van der Waals surface area contributed by atoms with E-state index in [1.807, 2.05) is 25.1 Å². The zero-order valence-corrected chi connectivity index (χ0v) is 7.04. The van der Waals surface area contributed by atoms with Gasteiger partial charge in [-0.3, -0.25) is 0 Å². The van der Waals surface area contributed by atoms with E-state index in [-0.39, 0.29) is 5.25 Å². The second kappa shape index (κ2) is 4.13. The van der Waals surface area contributed by atoms with Crippen molar-refractivity contribution in [3.63, 3.8) is 0 Å². The van der Waals surface area contributed by atoms with E-state index in [2.05, 4.69) is 4.98 Å². The molecule has 0 radical (unpaired) electrons. The van der Waals surface area contributed by atoms with Crippen LogP contribution in [0.2, 0.25) is 0 Å². The molecule has 0 saturated carbocycles. The summed E-state index contributed by atoms with van der Waals surface area (Å²) in [5, 5.41) is 0.886. The molecule has 0 saturated heterocycles. The van der Waals surface area contributed by atoms with E-state index >= 15 is 0 Å². The van der Waals surface area contributed by atoms with Crippen LogP contribution in [0.4, 0.5) is 0 Å². The van der Waals surface area contributed by atoms with Gasteiger partial charge in [-0.25, -0.2) is 4.98 Å². The number of aromatic nitrogens is 1. The van der Waals surface area contributed by atoms with Gasteiger partial charge < -0.3 is 4.79 Å². The molecule has 0 N–H and O–H groups in total. The van der Waals surface area contributed by atoms with Crippen LogP contribution >= 0.6 is 11.8 Å². The first-order valence-corrected chi connectivity index (χ1v) is 4.24. The van der Waals surface area contributed by atoms with Gasteiger partial charge in [0.25, 0.3) is 0 Å². The third kappa shape index (κ3) is 2.72. The normalized spacial score (nSPS) is 12.5. The van der Waals surface area contributed by atoms with Crippen molar-refractivity contribution in [1.29, 1.82) is 0 Å². The van der Waals surface area contributed by atoms with Crippen molar-refractivity contribution in [1.82, 2.24) is 4.98 Å². The zero-order valence-electron chi connectivity index (χ0n) is 6.23. The minimum absolute atomic E-state index is 0.00935. The highest BCUT2D eigenvalue weighted by Gasteiger charge is 2.01. The number of nitrogens with zero attached hydrogens (tertiary/aromatic N) is 1. The fraction of sp³-hybridized carbons (Fsp3) is 0.250. The molecule has 0 aromatic carbocycles. The molecule has 0 amide bonds. The molecule has 0 spiro atoms. The number of carbonyl (C=O) groups is 1.